The Morgan fingerprint density at radius 2 is 1.60 bits per heavy atom. The molecule has 0 spiro atoms. The minimum Gasteiger partial charge on any atom is -0.494 e. The summed E-state index contributed by atoms with van der Waals surface area (Å²) in [5.41, 5.74) is 1.44. The van der Waals surface area contributed by atoms with Gasteiger partial charge in [0.15, 0.2) is 0 Å². The van der Waals surface area contributed by atoms with Crippen LogP contribution in [0.25, 0.3) is 0 Å². The molecule has 2 atom stereocenters. The molecule has 2 fully saturated rings. The molecule has 0 unspecified atom stereocenters. The lowest BCUT2D eigenvalue weighted by atomic mass is 9.65. The average Bonchev–Trinajstić information content (AvgIpc) is 3.32. The molecule has 1 saturated carbocycles. The van der Waals surface area contributed by atoms with Gasteiger partial charge < -0.3 is 14.7 Å². The number of aliphatic hydroxyl groups is 1. The van der Waals surface area contributed by atoms with Gasteiger partial charge in [-0.05, 0) is 74.9 Å². The summed E-state index contributed by atoms with van der Waals surface area (Å²) >= 11 is 0. The van der Waals surface area contributed by atoms with E-state index in [1.54, 1.807) is 0 Å². The fourth-order valence-electron chi connectivity index (χ4n) is 5.66. The molecule has 1 aliphatic carbocycles. The van der Waals surface area contributed by atoms with Gasteiger partial charge in [-0.2, -0.15) is 0 Å². The van der Waals surface area contributed by atoms with Crippen molar-refractivity contribution in [1.29, 1.82) is 0 Å². The van der Waals surface area contributed by atoms with E-state index in [1.165, 1.54) is 37.7 Å². The summed E-state index contributed by atoms with van der Waals surface area (Å²) in [4.78, 5) is 2.56. The Balaban J connectivity index is 1.75. The Bertz CT molecular complexity index is 763. The Hall–Kier alpha value is -1.84. The molecule has 2 aromatic carbocycles. The minimum atomic E-state index is -0.866. The van der Waals surface area contributed by atoms with Crippen LogP contribution in [-0.2, 0) is 5.60 Å². The van der Waals surface area contributed by atoms with E-state index in [2.05, 4.69) is 47.4 Å². The number of benzene rings is 2. The molecule has 0 bridgehead atoms. The molecule has 0 aromatic heterocycles. The van der Waals surface area contributed by atoms with E-state index in [9.17, 15) is 5.11 Å². The van der Waals surface area contributed by atoms with Gasteiger partial charge in [-0.3, -0.25) is 0 Å². The molecule has 1 heterocycles. The maximum absolute atomic E-state index is 12.6. The van der Waals surface area contributed by atoms with Gasteiger partial charge in [0.1, 0.15) is 11.4 Å². The van der Waals surface area contributed by atoms with Gasteiger partial charge in [0.05, 0.1) is 6.61 Å². The molecule has 0 radical (unpaired) electrons. The molecule has 3 nitrogen and oxygen atoms in total. The van der Waals surface area contributed by atoms with Gasteiger partial charge >= 0.3 is 0 Å². The third kappa shape index (κ3) is 4.58. The normalized spacial score (nSPS) is 21.3. The number of ether oxygens (including phenoxy) is 1. The predicted molar refractivity (Wildman–Crippen MR) is 123 cm³/mol. The summed E-state index contributed by atoms with van der Waals surface area (Å²) < 4.78 is 5.68. The lowest BCUT2D eigenvalue weighted by molar-refractivity contribution is -0.0690. The number of nitrogens with zero attached hydrogens (tertiary/aromatic N) is 1. The molecule has 1 saturated heterocycles. The summed E-state index contributed by atoms with van der Waals surface area (Å²) in [6.07, 6.45) is 8.47. The van der Waals surface area contributed by atoms with Crippen LogP contribution < -0.4 is 4.74 Å². The van der Waals surface area contributed by atoms with Crippen LogP contribution in [0.5, 0.6) is 5.75 Å². The number of hydrogen-bond donors (Lipinski definition) is 1. The minimum absolute atomic E-state index is 0.0674. The largest absolute Gasteiger partial charge is 0.494 e. The number of likely N-dealkylation sites (tertiary alicyclic amines) is 1. The highest BCUT2D eigenvalue weighted by molar-refractivity contribution is 5.36. The lowest BCUT2D eigenvalue weighted by Crippen LogP contribution is -2.46. The fourth-order valence-corrected chi connectivity index (χ4v) is 5.66. The van der Waals surface area contributed by atoms with Gasteiger partial charge in [0, 0.05) is 12.5 Å². The first-order valence-electron chi connectivity index (χ1n) is 11.9. The molecular formula is C27H37NO2. The first kappa shape index (κ1) is 21.4. The highest BCUT2D eigenvalue weighted by atomic mass is 16.5. The molecule has 2 aromatic rings. The lowest BCUT2D eigenvalue weighted by Gasteiger charge is -2.46. The second-order valence-corrected chi connectivity index (χ2v) is 9.09. The molecule has 2 aliphatic rings. The van der Waals surface area contributed by atoms with Crippen molar-refractivity contribution in [2.24, 2.45) is 5.92 Å². The van der Waals surface area contributed by atoms with Gasteiger partial charge in [0.25, 0.3) is 0 Å². The van der Waals surface area contributed by atoms with Crippen LogP contribution in [0.15, 0.2) is 54.6 Å². The molecule has 1 N–H and O–H groups in total. The third-order valence-electron chi connectivity index (χ3n) is 7.23. The van der Waals surface area contributed by atoms with Crippen molar-refractivity contribution in [3.8, 4) is 5.75 Å². The molecule has 162 valence electrons. The molecule has 3 heteroatoms. The standard InChI is InChI=1S/C27H37NO2/c1-2-30-25-17-15-24(16-18-25)27(29,23-13-7-4-8-14-23)26(21-28-19-9-10-20-28)22-11-5-3-6-12-22/h3,5-6,11-12,15-18,23,26,29H,2,4,7-10,13-14,19-21H2,1H3/t26-,27-/m1/s1. The Morgan fingerprint density at radius 1 is 0.933 bits per heavy atom. The van der Waals surface area contributed by atoms with Crippen molar-refractivity contribution in [2.75, 3.05) is 26.2 Å². The topological polar surface area (TPSA) is 32.7 Å². The smallest absolute Gasteiger partial charge is 0.119 e. The summed E-state index contributed by atoms with van der Waals surface area (Å²) in [6.45, 7) is 5.88. The summed E-state index contributed by atoms with van der Waals surface area (Å²) in [6, 6.07) is 19.0. The monoisotopic (exact) mass is 407 g/mol. The van der Waals surface area contributed by atoms with Crippen molar-refractivity contribution in [3.05, 3.63) is 65.7 Å². The highest BCUT2D eigenvalue weighted by Crippen LogP contribution is 2.49. The van der Waals surface area contributed by atoms with E-state index < -0.39 is 5.60 Å². The van der Waals surface area contributed by atoms with Crippen LogP contribution in [-0.4, -0.2) is 36.2 Å². The predicted octanol–water partition coefficient (Wildman–Crippen LogP) is 5.73. The van der Waals surface area contributed by atoms with E-state index in [0.29, 0.717) is 6.61 Å². The van der Waals surface area contributed by atoms with Gasteiger partial charge in [-0.25, -0.2) is 0 Å². The van der Waals surface area contributed by atoms with Crippen LogP contribution >= 0.6 is 0 Å². The summed E-state index contributed by atoms with van der Waals surface area (Å²) in [7, 11) is 0. The van der Waals surface area contributed by atoms with Crippen LogP contribution in [0.1, 0.15) is 68.9 Å². The van der Waals surface area contributed by atoms with Crippen LogP contribution in [0, 0.1) is 5.92 Å². The fraction of sp³-hybridized carbons (Fsp3) is 0.556. The maximum atomic E-state index is 12.6. The van der Waals surface area contributed by atoms with E-state index in [-0.39, 0.29) is 11.8 Å². The zero-order chi connectivity index (χ0) is 20.8. The third-order valence-corrected chi connectivity index (χ3v) is 7.23. The molecule has 30 heavy (non-hydrogen) atoms. The van der Waals surface area contributed by atoms with Gasteiger partial charge in [0.2, 0.25) is 0 Å². The van der Waals surface area contributed by atoms with E-state index in [1.807, 2.05) is 19.1 Å². The molecule has 1 aliphatic heterocycles. The Kier molecular flexibility index (Phi) is 7.12. The Labute approximate surface area is 182 Å². The van der Waals surface area contributed by atoms with Crippen LogP contribution in [0.3, 0.4) is 0 Å². The summed E-state index contributed by atoms with van der Waals surface area (Å²) in [5.74, 6) is 1.23. The van der Waals surface area contributed by atoms with Crippen molar-refractivity contribution in [3.63, 3.8) is 0 Å². The second-order valence-electron chi connectivity index (χ2n) is 9.09. The van der Waals surface area contributed by atoms with Crippen LogP contribution in [0.2, 0.25) is 0 Å². The van der Waals surface area contributed by atoms with E-state index in [0.717, 1.165) is 43.8 Å². The van der Waals surface area contributed by atoms with Crippen molar-refractivity contribution in [1.82, 2.24) is 4.90 Å². The zero-order valence-electron chi connectivity index (χ0n) is 18.4. The molecular weight excluding hydrogens is 370 g/mol. The number of hydrogen-bond acceptors (Lipinski definition) is 3. The van der Waals surface area contributed by atoms with E-state index in [4.69, 9.17) is 4.74 Å². The average molecular weight is 408 g/mol. The molecule has 4 rings (SSSR count). The summed E-state index contributed by atoms with van der Waals surface area (Å²) in [5, 5.41) is 12.6. The Morgan fingerprint density at radius 3 is 2.23 bits per heavy atom. The first-order valence-corrected chi connectivity index (χ1v) is 11.9. The van der Waals surface area contributed by atoms with E-state index >= 15 is 0 Å². The van der Waals surface area contributed by atoms with Gasteiger partial charge in [-0.15, -0.1) is 0 Å². The maximum Gasteiger partial charge on any atom is 0.119 e. The van der Waals surface area contributed by atoms with Gasteiger partial charge in [-0.1, -0.05) is 61.7 Å². The second kappa shape index (κ2) is 9.98. The van der Waals surface area contributed by atoms with Crippen LogP contribution in [0.4, 0.5) is 0 Å². The molecule has 0 amide bonds. The zero-order valence-corrected chi connectivity index (χ0v) is 18.4. The van der Waals surface area contributed by atoms with Crippen molar-refractivity contribution in [2.45, 2.75) is 63.4 Å². The quantitative estimate of drug-likeness (QED) is 0.606. The number of rotatable bonds is 8. The van der Waals surface area contributed by atoms with Crippen molar-refractivity contribution < 1.29 is 9.84 Å². The first-order chi connectivity index (χ1) is 14.7. The van der Waals surface area contributed by atoms with Crippen molar-refractivity contribution >= 4 is 0 Å². The SMILES string of the molecule is CCOc1ccc([C@](O)(C2CCCCC2)[C@H](CN2CCCC2)c2ccccc2)cc1. The highest BCUT2D eigenvalue weighted by Gasteiger charge is 2.46.